The molecule has 1 amide bonds. The fourth-order valence-corrected chi connectivity index (χ4v) is 8.07. The van der Waals surface area contributed by atoms with E-state index in [1.165, 1.54) is 16.9 Å². The number of sulfone groups is 1. The van der Waals surface area contributed by atoms with Crippen molar-refractivity contribution < 1.29 is 13.2 Å². The lowest BCUT2D eigenvalue weighted by atomic mass is 9.92. The van der Waals surface area contributed by atoms with E-state index in [2.05, 4.69) is 23.3 Å². The number of nitrogens with zero attached hydrogens (tertiary/aromatic N) is 2. The van der Waals surface area contributed by atoms with Gasteiger partial charge in [0.1, 0.15) is 0 Å². The van der Waals surface area contributed by atoms with E-state index in [9.17, 15) is 13.2 Å². The Labute approximate surface area is 173 Å². The summed E-state index contributed by atoms with van der Waals surface area (Å²) in [6, 6.07) is 2.62. The van der Waals surface area contributed by atoms with E-state index in [0.29, 0.717) is 19.0 Å². The van der Waals surface area contributed by atoms with E-state index in [-0.39, 0.29) is 29.5 Å². The van der Waals surface area contributed by atoms with E-state index >= 15 is 0 Å². The molecule has 2 fully saturated rings. The second-order valence-corrected chi connectivity index (χ2v) is 11.8. The maximum absolute atomic E-state index is 13.5. The average molecular weight is 425 g/mol. The third-order valence-electron chi connectivity index (χ3n) is 6.79. The van der Waals surface area contributed by atoms with Crippen LogP contribution in [0.2, 0.25) is 0 Å². The highest BCUT2D eigenvalue weighted by Crippen LogP contribution is 2.36. The van der Waals surface area contributed by atoms with Crippen LogP contribution in [0.3, 0.4) is 0 Å². The third-order valence-corrected chi connectivity index (χ3v) is 9.54. The van der Waals surface area contributed by atoms with Crippen LogP contribution in [0.4, 0.5) is 0 Å². The molecule has 1 aliphatic carbocycles. The molecule has 0 aromatic carbocycles. The molecule has 0 bridgehead atoms. The fourth-order valence-electron chi connectivity index (χ4n) is 5.43. The van der Waals surface area contributed by atoms with Gasteiger partial charge in [-0.25, -0.2) is 8.42 Å². The first-order valence-corrected chi connectivity index (χ1v) is 13.5. The van der Waals surface area contributed by atoms with Crippen molar-refractivity contribution >= 4 is 27.1 Å². The summed E-state index contributed by atoms with van der Waals surface area (Å²) in [5.74, 6) is 0.528. The minimum absolute atomic E-state index is 0.123. The summed E-state index contributed by atoms with van der Waals surface area (Å²) in [4.78, 5) is 19.3. The van der Waals surface area contributed by atoms with Gasteiger partial charge in [-0.2, -0.15) is 0 Å². The van der Waals surface area contributed by atoms with Crippen molar-refractivity contribution in [2.75, 3.05) is 24.6 Å². The number of hydrogen-bond donors (Lipinski definition) is 0. The topological polar surface area (TPSA) is 57.7 Å². The van der Waals surface area contributed by atoms with Gasteiger partial charge in [0.25, 0.3) is 0 Å². The summed E-state index contributed by atoms with van der Waals surface area (Å²) in [5.41, 5.74) is 1.39. The molecule has 156 valence electrons. The van der Waals surface area contributed by atoms with Gasteiger partial charge >= 0.3 is 0 Å². The number of hydrogen-bond acceptors (Lipinski definition) is 5. The van der Waals surface area contributed by atoms with Gasteiger partial charge in [-0.15, -0.1) is 11.3 Å². The molecule has 1 aromatic rings. The molecular formula is C21H32N2O3S2. The van der Waals surface area contributed by atoms with Gasteiger partial charge in [0, 0.05) is 29.5 Å². The van der Waals surface area contributed by atoms with Crippen LogP contribution in [0.1, 0.15) is 68.4 Å². The first-order valence-electron chi connectivity index (χ1n) is 10.8. The van der Waals surface area contributed by atoms with Crippen molar-refractivity contribution in [1.82, 2.24) is 9.80 Å². The molecule has 1 saturated carbocycles. The highest BCUT2D eigenvalue weighted by Gasteiger charge is 2.39. The van der Waals surface area contributed by atoms with E-state index in [1.54, 1.807) is 0 Å². The number of amides is 1. The fraction of sp³-hybridized carbons (Fsp3) is 0.762. The van der Waals surface area contributed by atoms with Crippen LogP contribution >= 0.6 is 11.3 Å². The number of carbonyl (C=O) groups excluding carboxylic acids is 1. The zero-order valence-corrected chi connectivity index (χ0v) is 18.4. The van der Waals surface area contributed by atoms with Crippen molar-refractivity contribution in [2.45, 2.75) is 76.4 Å². The minimum Gasteiger partial charge on any atom is -0.335 e. The second kappa shape index (κ2) is 8.44. The van der Waals surface area contributed by atoms with E-state index in [1.807, 2.05) is 16.2 Å². The Morgan fingerprint density at radius 1 is 1.21 bits per heavy atom. The average Bonchev–Trinajstić information content (AvgIpc) is 3.29. The Hall–Kier alpha value is -0.920. The molecule has 5 nitrogen and oxygen atoms in total. The maximum atomic E-state index is 13.5. The first kappa shape index (κ1) is 20.4. The normalized spacial score (nSPS) is 28.2. The van der Waals surface area contributed by atoms with Gasteiger partial charge < -0.3 is 4.90 Å². The number of carbonyl (C=O) groups is 1. The zero-order chi connectivity index (χ0) is 19.7. The Morgan fingerprint density at radius 3 is 2.68 bits per heavy atom. The molecule has 3 aliphatic rings. The maximum Gasteiger partial charge on any atom is 0.237 e. The predicted molar refractivity (Wildman–Crippen MR) is 113 cm³/mol. The molecule has 0 spiro atoms. The van der Waals surface area contributed by atoms with Gasteiger partial charge in [-0.3, -0.25) is 9.69 Å². The molecule has 28 heavy (non-hydrogen) atoms. The van der Waals surface area contributed by atoms with Crippen molar-refractivity contribution in [3.63, 3.8) is 0 Å². The van der Waals surface area contributed by atoms with Crippen molar-refractivity contribution in [1.29, 1.82) is 0 Å². The SMILES string of the molecule is CC[C@@H]1c2ccsc2CCN1CC(=O)N(C1CCCCC1)[C@H]1CCS(=O)(=O)C1. The van der Waals surface area contributed by atoms with Crippen LogP contribution in [-0.4, -0.2) is 60.8 Å². The summed E-state index contributed by atoms with van der Waals surface area (Å²) >= 11 is 1.83. The molecule has 2 atom stereocenters. The molecular weight excluding hydrogens is 392 g/mol. The minimum atomic E-state index is -3.00. The first-order chi connectivity index (χ1) is 13.5. The van der Waals surface area contributed by atoms with Gasteiger partial charge in [-0.05, 0) is 49.1 Å². The second-order valence-electron chi connectivity index (χ2n) is 8.59. The van der Waals surface area contributed by atoms with Crippen LogP contribution < -0.4 is 0 Å². The number of rotatable bonds is 5. The predicted octanol–water partition coefficient (Wildman–Crippen LogP) is 3.41. The monoisotopic (exact) mass is 424 g/mol. The van der Waals surface area contributed by atoms with Crippen LogP contribution in [0.5, 0.6) is 0 Å². The lowest BCUT2D eigenvalue weighted by Crippen LogP contribution is -2.52. The van der Waals surface area contributed by atoms with Crippen molar-refractivity contribution in [2.24, 2.45) is 0 Å². The number of thiophene rings is 1. The van der Waals surface area contributed by atoms with Crippen molar-refractivity contribution in [3.8, 4) is 0 Å². The Bertz CT molecular complexity index is 798. The molecule has 1 saturated heterocycles. The summed E-state index contributed by atoms with van der Waals surface area (Å²) in [6.07, 6.45) is 8.18. The quantitative estimate of drug-likeness (QED) is 0.727. The summed E-state index contributed by atoms with van der Waals surface area (Å²) in [7, 11) is -3.00. The lowest BCUT2D eigenvalue weighted by molar-refractivity contribution is -0.138. The molecule has 2 aliphatic heterocycles. The Morgan fingerprint density at radius 2 is 2.00 bits per heavy atom. The molecule has 0 radical (unpaired) electrons. The van der Waals surface area contributed by atoms with Crippen LogP contribution in [0.15, 0.2) is 11.4 Å². The highest BCUT2D eigenvalue weighted by atomic mass is 32.2. The van der Waals surface area contributed by atoms with Gasteiger partial charge in [0.15, 0.2) is 9.84 Å². The van der Waals surface area contributed by atoms with E-state index in [4.69, 9.17) is 0 Å². The van der Waals surface area contributed by atoms with E-state index in [0.717, 1.165) is 45.1 Å². The summed E-state index contributed by atoms with van der Waals surface area (Å²) in [5, 5.41) is 2.16. The molecule has 3 heterocycles. The smallest absolute Gasteiger partial charge is 0.237 e. The molecule has 1 aromatic heterocycles. The van der Waals surface area contributed by atoms with Gasteiger partial charge in [0.2, 0.25) is 5.91 Å². The van der Waals surface area contributed by atoms with Gasteiger partial charge in [-0.1, -0.05) is 26.2 Å². The van der Waals surface area contributed by atoms with Gasteiger partial charge in [0.05, 0.1) is 18.1 Å². The van der Waals surface area contributed by atoms with Crippen LogP contribution in [0.25, 0.3) is 0 Å². The zero-order valence-electron chi connectivity index (χ0n) is 16.8. The van der Waals surface area contributed by atoms with Crippen molar-refractivity contribution in [3.05, 3.63) is 21.9 Å². The third kappa shape index (κ3) is 4.17. The molecule has 0 unspecified atom stereocenters. The lowest BCUT2D eigenvalue weighted by Gasteiger charge is -2.41. The standard InChI is InChI=1S/C21H32N2O3S2/c1-2-19-18-9-12-27-20(18)8-11-22(19)14-21(24)23(16-6-4-3-5-7-16)17-10-13-28(25,26)15-17/h9,12,16-17,19H,2-8,10-11,13-15H2,1H3/t17-,19+/m0/s1. The van der Waals surface area contributed by atoms with Crippen LogP contribution in [-0.2, 0) is 21.1 Å². The summed E-state index contributed by atoms with van der Waals surface area (Å²) in [6.45, 7) is 3.53. The molecule has 7 heteroatoms. The molecule has 4 rings (SSSR count). The number of fused-ring (bicyclic) bond motifs is 1. The van der Waals surface area contributed by atoms with E-state index < -0.39 is 9.84 Å². The summed E-state index contributed by atoms with van der Waals surface area (Å²) < 4.78 is 24.2. The Balaban J connectivity index is 1.52. The molecule has 0 N–H and O–H groups in total. The Kier molecular flexibility index (Phi) is 6.14. The van der Waals surface area contributed by atoms with Crippen LogP contribution in [0, 0.1) is 0 Å². The highest BCUT2D eigenvalue weighted by molar-refractivity contribution is 7.91. The largest absolute Gasteiger partial charge is 0.335 e.